The average molecular weight is 429 g/mol. The fourth-order valence-corrected chi connectivity index (χ4v) is 2.84. The van der Waals surface area contributed by atoms with E-state index in [1.165, 1.54) is 23.1 Å². The van der Waals surface area contributed by atoms with Gasteiger partial charge < -0.3 is 9.73 Å². The molecule has 1 amide bonds. The second-order valence-electron chi connectivity index (χ2n) is 6.54. The smallest absolute Gasteiger partial charge is 0.416 e. The van der Waals surface area contributed by atoms with Gasteiger partial charge in [-0.15, -0.1) is 0 Å². The number of aromatic amines is 1. The Morgan fingerprint density at radius 2 is 1.90 bits per heavy atom. The van der Waals surface area contributed by atoms with Gasteiger partial charge in [0.1, 0.15) is 11.5 Å². The molecule has 0 aliphatic carbocycles. The Hall–Kier alpha value is -4.15. The molecule has 0 aliphatic rings. The van der Waals surface area contributed by atoms with E-state index in [0.29, 0.717) is 17.1 Å². The Balaban J connectivity index is 1.71. The predicted octanol–water partition coefficient (Wildman–Crippen LogP) is 3.80. The lowest BCUT2D eigenvalue weighted by molar-refractivity contribution is -0.137. The molecule has 3 heterocycles. The first-order valence-corrected chi connectivity index (χ1v) is 8.91. The number of benzene rings is 1. The second-order valence-corrected chi connectivity index (χ2v) is 6.54. The van der Waals surface area contributed by atoms with E-state index in [1.807, 2.05) is 0 Å². The molecule has 158 valence electrons. The topological polar surface area (TPSA) is 106 Å². The van der Waals surface area contributed by atoms with Crippen LogP contribution in [0, 0.1) is 6.92 Å². The number of halogens is 3. The molecule has 1 aromatic carbocycles. The van der Waals surface area contributed by atoms with Crippen molar-refractivity contribution in [3.63, 3.8) is 0 Å². The maximum atomic E-state index is 12.8. The van der Waals surface area contributed by atoms with Crippen LogP contribution in [0.25, 0.3) is 17.4 Å². The summed E-state index contributed by atoms with van der Waals surface area (Å²) >= 11 is 0. The highest BCUT2D eigenvalue weighted by atomic mass is 19.4. The zero-order valence-electron chi connectivity index (χ0n) is 15.9. The van der Waals surface area contributed by atoms with Crippen LogP contribution < -0.4 is 10.9 Å². The van der Waals surface area contributed by atoms with E-state index in [-0.39, 0.29) is 17.3 Å². The highest BCUT2D eigenvalue weighted by Gasteiger charge is 2.30. The summed E-state index contributed by atoms with van der Waals surface area (Å²) in [5, 5.41) is 6.91. The number of rotatable bonds is 4. The van der Waals surface area contributed by atoms with Gasteiger partial charge in [-0.25, -0.2) is 4.98 Å². The summed E-state index contributed by atoms with van der Waals surface area (Å²) in [6, 6.07) is 9.87. The normalized spacial score (nSPS) is 11.5. The Morgan fingerprint density at radius 3 is 2.52 bits per heavy atom. The first kappa shape index (κ1) is 20.1. The molecule has 0 spiro atoms. The maximum absolute atomic E-state index is 12.8. The number of amides is 1. The van der Waals surface area contributed by atoms with Crippen molar-refractivity contribution in [1.29, 1.82) is 0 Å². The number of nitrogens with zero attached hydrogens (tertiary/aromatic N) is 3. The zero-order chi connectivity index (χ0) is 22.2. The van der Waals surface area contributed by atoms with Crippen LogP contribution in [0.4, 0.5) is 19.0 Å². The summed E-state index contributed by atoms with van der Waals surface area (Å²) in [5.74, 6) is -0.0924. The molecule has 0 fully saturated rings. The Morgan fingerprint density at radius 1 is 1.16 bits per heavy atom. The van der Waals surface area contributed by atoms with Crippen LogP contribution in [0.3, 0.4) is 0 Å². The molecule has 0 saturated heterocycles. The van der Waals surface area contributed by atoms with Gasteiger partial charge >= 0.3 is 6.18 Å². The van der Waals surface area contributed by atoms with Crippen molar-refractivity contribution in [3.05, 3.63) is 82.0 Å². The minimum absolute atomic E-state index is 0.00555. The quantitative estimate of drug-likeness (QED) is 0.513. The van der Waals surface area contributed by atoms with Crippen LogP contribution in [0.5, 0.6) is 0 Å². The van der Waals surface area contributed by atoms with Gasteiger partial charge in [0.2, 0.25) is 5.95 Å². The molecule has 0 atom stereocenters. The molecule has 4 aromatic rings. The number of carbonyl (C=O) groups is 1. The number of hydrogen-bond donors (Lipinski definition) is 2. The molecule has 0 unspecified atom stereocenters. The summed E-state index contributed by atoms with van der Waals surface area (Å²) in [6.07, 6.45) is -3.06. The number of alkyl halides is 3. The number of aromatic nitrogens is 4. The van der Waals surface area contributed by atoms with Crippen molar-refractivity contribution in [3.8, 4) is 17.4 Å². The molecule has 0 bridgehead atoms. The summed E-state index contributed by atoms with van der Waals surface area (Å²) < 4.78 is 44.8. The van der Waals surface area contributed by atoms with Crippen LogP contribution in [0.1, 0.15) is 21.6 Å². The standard InChI is InChI=1S/C20H14F3N5O3/c1-11-9-17(29)26-19(24-11)28-16(10-14(27-28)15-3-2-8-31-15)25-18(30)12-4-6-13(7-5-12)20(21,22)23/h2-10H,1H3,(H,25,30)(H,24,26,29). The Bertz CT molecular complexity index is 1290. The maximum Gasteiger partial charge on any atom is 0.416 e. The summed E-state index contributed by atoms with van der Waals surface area (Å²) in [7, 11) is 0. The second kappa shape index (κ2) is 7.59. The summed E-state index contributed by atoms with van der Waals surface area (Å²) in [5.41, 5.74) is -0.509. The number of H-pyrrole nitrogens is 1. The zero-order valence-corrected chi connectivity index (χ0v) is 15.9. The van der Waals surface area contributed by atoms with Gasteiger partial charge in [0.25, 0.3) is 11.5 Å². The highest BCUT2D eigenvalue weighted by molar-refractivity contribution is 6.04. The fourth-order valence-electron chi connectivity index (χ4n) is 2.84. The molecular formula is C20H14F3N5O3. The van der Waals surface area contributed by atoms with Crippen molar-refractivity contribution in [2.45, 2.75) is 13.1 Å². The Kier molecular flexibility index (Phi) is 4.93. The predicted molar refractivity (Wildman–Crippen MR) is 104 cm³/mol. The van der Waals surface area contributed by atoms with E-state index in [2.05, 4.69) is 20.4 Å². The van der Waals surface area contributed by atoms with Gasteiger partial charge in [-0.3, -0.25) is 14.6 Å². The van der Waals surface area contributed by atoms with Gasteiger partial charge in [0, 0.05) is 23.4 Å². The van der Waals surface area contributed by atoms with Crippen molar-refractivity contribution in [1.82, 2.24) is 19.7 Å². The van der Waals surface area contributed by atoms with Crippen molar-refractivity contribution in [2.24, 2.45) is 0 Å². The minimum atomic E-state index is -4.51. The summed E-state index contributed by atoms with van der Waals surface area (Å²) in [6.45, 7) is 1.62. The number of carbonyl (C=O) groups excluding carboxylic acids is 1. The minimum Gasteiger partial charge on any atom is -0.463 e. The first-order chi connectivity index (χ1) is 14.7. The number of furan rings is 1. The average Bonchev–Trinajstić information content (AvgIpc) is 3.36. The molecule has 3 aromatic heterocycles. The molecule has 0 radical (unpaired) electrons. The van der Waals surface area contributed by atoms with Gasteiger partial charge in [-0.05, 0) is 43.3 Å². The fraction of sp³-hybridized carbons (Fsp3) is 0.100. The van der Waals surface area contributed by atoms with Crippen molar-refractivity contribution in [2.75, 3.05) is 5.32 Å². The monoisotopic (exact) mass is 429 g/mol. The number of aryl methyl sites for hydroxylation is 1. The number of anilines is 1. The third-order valence-corrected chi connectivity index (χ3v) is 4.26. The number of hydrogen-bond acceptors (Lipinski definition) is 5. The van der Waals surface area contributed by atoms with Gasteiger partial charge in [-0.2, -0.15) is 23.0 Å². The first-order valence-electron chi connectivity index (χ1n) is 8.91. The highest BCUT2D eigenvalue weighted by Crippen LogP contribution is 2.29. The molecule has 11 heteroatoms. The molecule has 4 rings (SSSR count). The van der Waals surface area contributed by atoms with Gasteiger partial charge in [0.15, 0.2) is 5.76 Å². The largest absolute Gasteiger partial charge is 0.463 e. The van der Waals surface area contributed by atoms with Crippen LogP contribution in [0.15, 0.2) is 64.0 Å². The molecule has 0 saturated carbocycles. The molecule has 8 nitrogen and oxygen atoms in total. The van der Waals surface area contributed by atoms with Crippen LogP contribution in [-0.4, -0.2) is 25.7 Å². The number of nitrogens with one attached hydrogen (secondary N) is 2. The van der Waals surface area contributed by atoms with E-state index < -0.39 is 23.2 Å². The lowest BCUT2D eigenvalue weighted by atomic mass is 10.1. The van der Waals surface area contributed by atoms with Crippen molar-refractivity contribution >= 4 is 11.7 Å². The van der Waals surface area contributed by atoms with Crippen molar-refractivity contribution < 1.29 is 22.4 Å². The van der Waals surface area contributed by atoms with E-state index in [1.54, 1.807) is 19.1 Å². The third kappa shape index (κ3) is 4.25. The molecule has 0 aliphatic heterocycles. The van der Waals surface area contributed by atoms with Crippen LogP contribution in [0.2, 0.25) is 0 Å². The molecule has 2 N–H and O–H groups in total. The van der Waals surface area contributed by atoms with Crippen LogP contribution >= 0.6 is 0 Å². The van der Waals surface area contributed by atoms with E-state index in [9.17, 15) is 22.8 Å². The van der Waals surface area contributed by atoms with Crippen LogP contribution in [-0.2, 0) is 6.18 Å². The lowest BCUT2D eigenvalue weighted by Gasteiger charge is -2.10. The van der Waals surface area contributed by atoms with Gasteiger partial charge in [0.05, 0.1) is 11.8 Å². The van der Waals surface area contributed by atoms with E-state index >= 15 is 0 Å². The Labute approximate surface area is 172 Å². The molecular weight excluding hydrogens is 415 g/mol. The molecule has 31 heavy (non-hydrogen) atoms. The SMILES string of the molecule is Cc1cc(=O)[nH]c(-n2nc(-c3ccco3)cc2NC(=O)c2ccc(C(F)(F)F)cc2)n1. The lowest BCUT2D eigenvalue weighted by Crippen LogP contribution is -2.19. The van der Waals surface area contributed by atoms with Gasteiger partial charge in [-0.1, -0.05) is 0 Å². The van der Waals surface area contributed by atoms with E-state index in [0.717, 1.165) is 24.3 Å². The summed E-state index contributed by atoms with van der Waals surface area (Å²) in [4.78, 5) is 31.2. The van der Waals surface area contributed by atoms with E-state index in [4.69, 9.17) is 4.42 Å². The third-order valence-electron chi connectivity index (χ3n) is 4.26.